The molecule has 0 bridgehead atoms. The van der Waals surface area contributed by atoms with Crippen molar-refractivity contribution >= 4 is 5.91 Å². The molecule has 1 saturated heterocycles. The number of hydrogen-bond acceptors (Lipinski definition) is 4. The van der Waals surface area contributed by atoms with Crippen molar-refractivity contribution in [1.82, 2.24) is 19.8 Å². The summed E-state index contributed by atoms with van der Waals surface area (Å²) in [5.74, 6) is 0.287. The highest BCUT2D eigenvalue weighted by atomic mass is 16.2. The maximum atomic E-state index is 12.4. The summed E-state index contributed by atoms with van der Waals surface area (Å²) in [6, 6.07) is 0.355. The molecule has 1 fully saturated rings. The Hall–Kier alpha value is -1.49. The minimum atomic E-state index is 0.0516. The van der Waals surface area contributed by atoms with E-state index in [0.29, 0.717) is 6.04 Å². The van der Waals surface area contributed by atoms with Crippen molar-refractivity contribution in [2.75, 3.05) is 13.1 Å². The van der Waals surface area contributed by atoms with E-state index in [1.165, 1.54) is 5.56 Å². The molecule has 0 radical (unpaired) electrons. The molecule has 1 amide bonds. The van der Waals surface area contributed by atoms with Gasteiger partial charge in [-0.1, -0.05) is 0 Å². The standard InChI is InChI=1S/C14H20N4O/c1-10(2)18-6-4-13(14(18)19)17-5-3-12-11(8-17)7-15-9-16-12/h7,9-10,13H,3-6,8H2,1-2H3. The molecule has 0 N–H and O–H groups in total. The molecule has 19 heavy (non-hydrogen) atoms. The van der Waals surface area contributed by atoms with Gasteiger partial charge in [-0.3, -0.25) is 9.69 Å². The van der Waals surface area contributed by atoms with Gasteiger partial charge >= 0.3 is 0 Å². The third-order valence-corrected chi connectivity index (χ3v) is 4.17. The third-order valence-electron chi connectivity index (χ3n) is 4.17. The van der Waals surface area contributed by atoms with Crippen LogP contribution in [0.25, 0.3) is 0 Å². The molecule has 0 saturated carbocycles. The molecule has 0 spiro atoms. The van der Waals surface area contributed by atoms with E-state index in [0.717, 1.165) is 38.2 Å². The largest absolute Gasteiger partial charge is 0.339 e. The van der Waals surface area contributed by atoms with Gasteiger partial charge < -0.3 is 4.90 Å². The Morgan fingerprint density at radius 3 is 2.95 bits per heavy atom. The minimum absolute atomic E-state index is 0.0516. The van der Waals surface area contributed by atoms with Crippen LogP contribution in [0.15, 0.2) is 12.5 Å². The summed E-state index contributed by atoms with van der Waals surface area (Å²) in [5.41, 5.74) is 2.31. The Morgan fingerprint density at radius 2 is 2.21 bits per heavy atom. The van der Waals surface area contributed by atoms with Crippen LogP contribution in [0.5, 0.6) is 0 Å². The molecule has 0 aliphatic carbocycles. The van der Waals surface area contributed by atoms with Crippen molar-refractivity contribution in [3.8, 4) is 0 Å². The fourth-order valence-corrected chi connectivity index (χ4v) is 3.09. The van der Waals surface area contributed by atoms with Gasteiger partial charge in [0.25, 0.3) is 0 Å². The smallest absolute Gasteiger partial charge is 0.240 e. The number of nitrogens with zero attached hydrogens (tertiary/aromatic N) is 4. The number of carbonyl (C=O) groups excluding carboxylic acids is 1. The second-order valence-electron chi connectivity index (χ2n) is 5.65. The number of likely N-dealkylation sites (tertiary alicyclic amines) is 1. The van der Waals surface area contributed by atoms with Crippen molar-refractivity contribution in [1.29, 1.82) is 0 Å². The minimum Gasteiger partial charge on any atom is -0.339 e. The molecule has 102 valence electrons. The first kappa shape index (κ1) is 12.5. The summed E-state index contributed by atoms with van der Waals surface area (Å²) in [6.07, 6.45) is 5.35. The Kier molecular flexibility index (Phi) is 3.22. The van der Waals surface area contributed by atoms with Crippen molar-refractivity contribution in [2.45, 2.75) is 45.3 Å². The highest BCUT2D eigenvalue weighted by Gasteiger charge is 2.38. The topological polar surface area (TPSA) is 49.3 Å². The van der Waals surface area contributed by atoms with E-state index in [1.807, 2.05) is 11.1 Å². The van der Waals surface area contributed by atoms with E-state index in [9.17, 15) is 4.79 Å². The predicted molar refractivity (Wildman–Crippen MR) is 71.4 cm³/mol. The van der Waals surface area contributed by atoms with E-state index in [1.54, 1.807) is 6.33 Å². The summed E-state index contributed by atoms with van der Waals surface area (Å²) in [5, 5.41) is 0. The van der Waals surface area contributed by atoms with Crippen LogP contribution in [0.1, 0.15) is 31.5 Å². The zero-order valence-corrected chi connectivity index (χ0v) is 11.5. The van der Waals surface area contributed by atoms with Gasteiger partial charge in [-0.15, -0.1) is 0 Å². The van der Waals surface area contributed by atoms with Gasteiger partial charge in [0.1, 0.15) is 6.33 Å². The average molecular weight is 260 g/mol. The summed E-state index contributed by atoms with van der Waals surface area (Å²) in [7, 11) is 0. The highest BCUT2D eigenvalue weighted by Crippen LogP contribution is 2.24. The fraction of sp³-hybridized carbons (Fsp3) is 0.643. The molecule has 3 rings (SSSR count). The molecule has 2 aliphatic heterocycles. The molecule has 5 heteroatoms. The van der Waals surface area contributed by atoms with Gasteiger partial charge in [0, 0.05) is 49.6 Å². The van der Waals surface area contributed by atoms with Gasteiger partial charge in [-0.25, -0.2) is 9.97 Å². The lowest BCUT2D eigenvalue weighted by Gasteiger charge is -2.32. The first-order valence-electron chi connectivity index (χ1n) is 6.99. The first-order valence-corrected chi connectivity index (χ1v) is 6.99. The van der Waals surface area contributed by atoms with Crippen LogP contribution < -0.4 is 0 Å². The molecule has 2 aliphatic rings. The van der Waals surface area contributed by atoms with Crippen molar-refractivity contribution in [3.63, 3.8) is 0 Å². The van der Waals surface area contributed by atoms with Gasteiger partial charge in [-0.2, -0.15) is 0 Å². The normalized spacial score (nSPS) is 24.1. The molecule has 1 aromatic rings. The van der Waals surface area contributed by atoms with E-state index >= 15 is 0 Å². The van der Waals surface area contributed by atoms with Gasteiger partial charge in [-0.05, 0) is 20.3 Å². The summed E-state index contributed by atoms with van der Waals surface area (Å²) >= 11 is 0. The maximum absolute atomic E-state index is 12.4. The quantitative estimate of drug-likeness (QED) is 0.791. The average Bonchev–Trinajstić information content (AvgIpc) is 2.80. The number of hydrogen-bond donors (Lipinski definition) is 0. The molecule has 1 unspecified atom stereocenters. The van der Waals surface area contributed by atoms with Gasteiger partial charge in [0.15, 0.2) is 0 Å². The SMILES string of the molecule is CC(C)N1CCC(N2CCc3ncncc3C2)C1=O. The number of rotatable bonds is 2. The predicted octanol–water partition coefficient (Wildman–Crippen LogP) is 0.844. The van der Waals surface area contributed by atoms with E-state index in [4.69, 9.17) is 0 Å². The van der Waals surface area contributed by atoms with E-state index < -0.39 is 0 Å². The van der Waals surface area contributed by atoms with E-state index in [2.05, 4.69) is 28.7 Å². The first-order chi connectivity index (χ1) is 9.16. The Balaban J connectivity index is 1.74. The van der Waals surface area contributed by atoms with Crippen LogP contribution in [0.4, 0.5) is 0 Å². The monoisotopic (exact) mass is 260 g/mol. The number of fused-ring (bicyclic) bond motifs is 1. The Labute approximate surface area is 113 Å². The number of aromatic nitrogens is 2. The van der Waals surface area contributed by atoms with Crippen LogP contribution in [-0.2, 0) is 17.8 Å². The molecule has 5 nitrogen and oxygen atoms in total. The summed E-state index contributed by atoms with van der Waals surface area (Å²) in [6.45, 7) is 6.78. The molecular weight excluding hydrogens is 240 g/mol. The Bertz CT molecular complexity index is 488. The van der Waals surface area contributed by atoms with Crippen molar-refractivity contribution in [2.24, 2.45) is 0 Å². The third kappa shape index (κ3) is 2.23. The Morgan fingerprint density at radius 1 is 1.37 bits per heavy atom. The molecular formula is C14H20N4O. The lowest BCUT2D eigenvalue weighted by Crippen LogP contribution is -2.45. The summed E-state index contributed by atoms with van der Waals surface area (Å²) in [4.78, 5) is 25.1. The van der Waals surface area contributed by atoms with Crippen molar-refractivity contribution in [3.05, 3.63) is 23.8 Å². The van der Waals surface area contributed by atoms with Crippen molar-refractivity contribution < 1.29 is 4.79 Å². The fourth-order valence-electron chi connectivity index (χ4n) is 3.09. The molecule has 1 atom stereocenters. The van der Waals surface area contributed by atoms with E-state index in [-0.39, 0.29) is 11.9 Å². The lowest BCUT2D eigenvalue weighted by atomic mass is 10.0. The highest BCUT2D eigenvalue weighted by molar-refractivity contribution is 5.84. The van der Waals surface area contributed by atoms with Gasteiger partial charge in [0.05, 0.1) is 6.04 Å². The second-order valence-corrected chi connectivity index (χ2v) is 5.65. The zero-order chi connectivity index (χ0) is 13.4. The molecule has 0 aromatic carbocycles. The summed E-state index contributed by atoms with van der Waals surface area (Å²) < 4.78 is 0. The molecule has 3 heterocycles. The molecule has 1 aromatic heterocycles. The van der Waals surface area contributed by atoms with Crippen LogP contribution in [0.2, 0.25) is 0 Å². The lowest BCUT2D eigenvalue weighted by molar-refractivity contribution is -0.133. The second kappa shape index (κ2) is 4.89. The van der Waals surface area contributed by atoms with Crippen LogP contribution >= 0.6 is 0 Å². The number of amides is 1. The number of carbonyl (C=O) groups is 1. The van der Waals surface area contributed by atoms with Crippen LogP contribution in [0, 0.1) is 0 Å². The van der Waals surface area contributed by atoms with Gasteiger partial charge in [0.2, 0.25) is 5.91 Å². The van der Waals surface area contributed by atoms with Crippen LogP contribution in [-0.4, -0.2) is 50.8 Å². The van der Waals surface area contributed by atoms with Crippen LogP contribution in [0.3, 0.4) is 0 Å². The zero-order valence-electron chi connectivity index (χ0n) is 11.5. The maximum Gasteiger partial charge on any atom is 0.240 e.